The molecule has 0 bridgehead atoms. The van der Waals surface area contributed by atoms with Crippen LogP contribution in [0.1, 0.15) is 28.7 Å². The number of aryl methyl sites for hydroxylation is 2. The van der Waals surface area contributed by atoms with Crippen molar-refractivity contribution in [1.29, 1.82) is 0 Å². The van der Waals surface area contributed by atoms with Crippen LogP contribution in [0.4, 0.5) is 5.69 Å². The maximum absolute atomic E-state index is 12.6. The van der Waals surface area contributed by atoms with Crippen molar-refractivity contribution in [3.8, 4) is 5.75 Å². The first-order valence-corrected chi connectivity index (χ1v) is 8.66. The van der Waals surface area contributed by atoms with Gasteiger partial charge >= 0.3 is 5.97 Å². The number of carboxylic acids is 1. The Labute approximate surface area is 143 Å². The Balaban J connectivity index is 2.53. The molecule has 0 aliphatic carbocycles. The lowest BCUT2D eigenvalue weighted by atomic mass is 10.2. The van der Waals surface area contributed by atoms with Gasteiger partial charge in [0.25, 0.3) is 10.0 Å². The van der Waals surface area contributed by atoms with Crippen LogP contribution in [0.2, 0.25) is 5.02 Å². The van der Waals surface area contributed by atoms with E-state index in [0.717, 1.165) is 12.1 Å². The number of carbonyl (C=O) groups is 1. The van der Waals surface area contributed by atoms with E-state index in [1.54, 1.807) is 13.8 Å². The Morgan fingerprint density at radius 1 is 1.46 bits per heavy atom. The summed E-state index contributed by atoms with van der Waals surface area (Å²) in [5, 5.41) is 12.6. The van der Waals surface area contributed by atoms with Crippen molar-refractivity contribution in [3.05, 3.63) is 34.2 Å². The summed E-state index contributed by atoms with van der Waals surface area (Å²) >= 11 is 5.96. The molecule has 0 fully saturated rings. The summed E-state index contributed by atoms with van der Waals surface area (Å²) in [4.78, 5) is 10.8. The fraction of sp³-hybridized carbons (Fsp3) is 0.286. The number of hydrogen-bond acceptors (Lipinski definition) is 6. The highest BCUT2D eigenvalue weighted by Crippen LogP contribution is 2.32. The summed E-state index contributed by atoms with van der Waals surface area (Å²) in [6, 6.07) is 2.08. The average molecular weight is 375 g/mol. The molecule has 0 saturated carbocycles. The van der Waals surface area contributed by atoms with E-state index in [1.165, 1.54) is 7.11 Å². The maximum Gasteiger partial charge on any atom is 0.339 e. The van der Waals surface area contributed by atoms with Gasteiger partial charge in [0.1, 0.15) is 27.6 Å². The molecule has 1 heterocycles. The molecule has 24 heavy (non-hydrogen) atoms. The van der Waals surface area contributed by atoms with Crippen LogP contribution in [0.5, 0.6) is 5.75 Å². The molecule has 0 radical (unpaired) electrons. The molecule has 10 heteroatoms. The van der Waals surface area contributed by atoms with Crippen LogP contribution in [-0.4, -0.2) is 31.8 Å². The Morgan fingerprint density at radius 3 is 2.67 bits per heavy atom. The zero-order chi connectivity index (χ0) is 18.1. The van der Waals surface area contributed by atoms with Gasteiger partial charge in [-0.1, -0.05) is 23.7 Å². The van der Waals surface area contributed by atoms with E-state index in [4.69, 9.17) is 26.0 Å². The molecule has 1 aromatic heterocycles. The van der Waals surface area contributed by atoms with Crippen LogP contribution in [0.3, 0.4) is 0 Å². The lowest BCUT2D eigenvalue weighted by Gasteiger charge is -2.12. The Kier molecular flexibility index (Phi) is 5.05. The lowest BCUT2D eigenvalue weighted by molar-refractivity contribution is 0.0693. The number of aromatic carboxylic acids is 1. The zero-order valence-corrected chi connectivity index (χ0v) is 14.7. The fourth-order valence-corrected chi connectivity index (χ4v) is 3.74. The van der Waals surface area contributed by atoms with Gasteiger partial charge in [-0.05, 0) is 13.0 Å². The van der Waals surface area contributed by atoms with Crippen molar-refractivity contribution in [3.63, 3.8) is 0 Å². The molecule has 0 aliphatic heterocycles. The van der Waals surface area contributed by atoms with Crippen molar-refractivity contribution in [2.45, 2.75) is 25.2 Å². The molecule has 2 N–H and O–H groups in total. The van der Waals surface area contributed by atoms with E-state index in [1.807, 2.05) is 0 Å². The summed E-state index contributed by atoms with van der Waals surface area (Å²) in [7, 11) is -2.86. The molecule has 0 unspecified atom stereocenters. The van der Waals surface area contributed by atoms with Crippen LogP contribution >= 0.6 is 11.6 Å². The van der Waals surface area contributed by atoms with Gasteiger partial charge in [-0.2, -0.15) is 0 Å². The summed E-state index contributed by atoms with van der Waals surface area (Å²) in [5.74, 6) is -1.03. The van der Waals surface area contributed by atoms with Crippen LogP contribution in [0, 0.1) is 6.92 Å². The number of rotatable bonds is 6. The van der Waals surface area contributed by atoms with E-state index in [-0.39, 0.29) is 26.9 Å². The van der Waals surface area contributed by atoms with Crippen molar-refractivity contribution in [2.75, 3.05) is 11.8 Å². The van der Waals surface area contributed by atoms with Gasteiger partial charge < -0.3 is 14.4 Å². The third-order valence-corrected chi connectivity index (χ3v) is 5.08. The second-order valence-electron chi connectivity index (χ2n) is 4.81. The second kappa shape index (κ2) is 6.70. The van der Waals surface area contributed by atoms with Gasteiger partial charge in [0.05, 0.1) is 12.1 Å². The van der Waals surface area contributed by atoms with E-state index >= 15 is 0 Å². The minimum absolute atomic E-state index is 0.120. The Bertz CT molecular complexity index is 891. The quantitative estimate of drug-likeness (QED) is 0.797. The summed E-state index contributed by atoms with van der Waals surface area (Å²) in [5.41, 5.74) is 0.368. The number of benzene rings is 1. The number of anilines is 1. The number of sulfonamides is 1. The highest BCUT2D eigenvalue weighted by molar-refractivity contribution is 7.92. The SMILES string of the molecule is CCc1onc(C)c1NS(=O)(=O)c1cc(OC)c(C(=O)O)cc1Cl. The molecular weight excluding hydrogens is 360 g/mol. The number of carboxylic acid groups (broad SMARTS) is 1. The predicted molar refractivity (Wildman–Crippen MR) is 86.4 cm³/mol. The van der Waals surface area contributed by atoms with Gasteiger partial charge in [-0.3, -0.25) is 4.72 Å². The topological polar surface area (TPSA) is 119 Å². The first-order chi connectivity index (χ1) is 11.2. The van der Waals surface area contributed by atoms with E-state index in [2.05, 4.69) is 9.88 Å². The minimum Gasteiger partial charge on any atom is -0.496 e. The van der Waals surface area contributed by atoms with Crippen LogP contribution < -0.4 is 9.46 Å². The van der Waals surface area contributed by atoms with Crippen molar-refractivity contribution in [1.82, 2.24) is 5.16 Å². The summed E-state index contributed by atoms with van der Waals surface area (Å²) < 4.78 is 37.6. The van der Waals surface area contributed by atoms with Gasteiger partial charge in [0.15, 0.2) is 5.76 Å². The fourth-order valence-electron chi connectivity index (χ4n) is 2.05. The van der Waals surface area contributed by atoms with Gasteiger partial charge in [0, 0.05) is 12.5 Å². The van der Waals surface area contributed by atoms with Crippen molar-refractivity contribution >= 4 is 33.3 Å². The number of nitrogens with zero attached hydrogens (tertiary/aromatic N) is 1. The molecule has 0 aliphatic rings. The standard InChI is InChI=1S/C14H15ClN2O6S/c1-4-10-13(7(2)16-23-10)17-24(20,21)12-6-11(22-3)8(14(18)19)5-9(12)15/h5-6,17H,4H2,1-3H3,(H,18,19). The number of methoxy groups -OCH3 is 1. The van der Waals surface area contributed by atoms with Crippen molar-refractivity contribution in [2.24, 2.45) is 0 Å². The highest BCUT2D eigenvalue weighted by atomic mass is 35.5. The lowest BCUT2D eigenvalue weighted by Crippen LogP contribution is -2.15. The Morgan fingerprint density at radius 2 is 2.12 bits per heavy atom. The third-order valence-electron chi connectivity index (χ3n) is 3.26. The van der Waals surface area contributed by atoms with E-state index in [0.29, 0.717) is 17.9 Å². The number of halogens is 1. The number of nitrogens with one attached hydrogen (secondary N) is 1. The molecule has 0 saturated heterocycles. The van der Waals surface area contributed by atoms with Crippen LogP contribution in [0.15, 0.2) is 21.6 Å². The van der Waals surface area contributed by atoms with E-state index < -0.39 is 16.0 Å². The van der Waals surface area contributed by atoms with Crippen LogP contribution in [0.25, 0.3) is 0 Å². The van der Waals surface area contributed by atoms with Crippen molar-refractivity contribution < 1.29 is 27.6 Å². The highest BCUT2D eigenvalue weighted by Gasteiger charge is 2.26. The molecule has 2 rings (SSSR count). The first kappa shape index (κ1) is 18.1. The molecule has 130 valence electrons. The predicted octanol–water partition coefficient (Wildman–Crippen LogP) is 2.71. The monoisotopic (exact) mass is 374 g/mol. The zero-order valence-electron chi connectivity index (χ0n) is 13.1. The van der Waals surface area contributed by atoms with Crippen LogP contribution in [-0.2, 0) is 16.4 Å². The largest absolute Gasteiger partial charge is 0.496 e. The average Bonchev–Trinajstić information content (AvgIpc) is 2.86. The molecule has 0 atom stereocenters. The first-order valence-electron chi connectivity index (χ1n) is 6.80. The minimum atomic E-state index is -4.10. The third kappa shape index (κ3) is 3.31. The molecular formula is C14H15ClN2O6S. The number of hydrogen-bond donors (Lipinski definition) is 2. The smallest absolute Gasteiger partial charge is 0.339 e. The Hall–Kier alpha value is -2.26. The van der Waals surface area contributed by atoms with Gasteiger partial charge in [-0.25, -0.2) is 13.2 Å². The molecule has 8 nitrogen and oxygen atoms in total. The molecule has 0 amide bonds. The normalized spacial score (nSPS) is 11.3. The number of ether oxygens (including phenoxy) is 1. The second-order valence-corrected chi connectivity index (χ2v) is 6.87. The molecule has 2 aromatic rings. The molecule has 0 spiro atoms. The van der Waals surface area contributed by atoms with Gasteiger partial charge in [-0.15, -0.1) is 0 Å². The molecule has 1 aromatic carbocycles. The van der Waals surface area contributed by atoms with Gasteiger partial charge in [0.2, 0.25) is 0 Å². The van der Waals surface area contributed by atoms with E-state index in [9.17, 15) is 13.2 Å². The summed E-state index contributed by atoms with van der Waals surface area (Å²) in [6.45, 7) is 3.38. The number of aromatic nitrogens is 1. The summed E-state index contributed by atoms with van der Waals surface area (Å²) in [6.07, 6.45) is 0.438. The maximum atomic E-state index is 12.6.